The van der Waals surface area contributed by atoms with Crippen molar-refractivity contribution in [3.8, 4) is 0 Å². The molecule has 0 bridgehead atoms. The minimum Gasteiger partial charge on any atom is -0.463 e. The molecule has 19 heavy (non-hydrogen) atoms. The quantitative estimate of drug-likeness (QED) is 0.440. The lowest BCUT2D eigenvalue weighted by Crippen LogP contribution is -2.17. The fourth-order valence-electron chi connectivity index (χ4n) is 2.51. The van der Waals surface area contributed by atoms with Crippen LogP contribution in [0.1, 0.15) is 78.1 Å². The molecule has 0 saturated carbocycles. The van der Waals surface area contributed by atoms with Gasteiger partial charge in [0, 0.05) is 13.0 Å². The Labute approximate surface area is 118 Å². The Kier molecular flexibility index (Phi) is 8.89. The van der Waals surface area contributed by atoms with E-state index in [1.54, 1.807) is 0 Å². The average molecular weight is 270 g/mol. The molecule has 1 rings (SSSR count). The van der Waals surface area contributed by atoms with Crippen molar-refractivity contribution in [3.63, 3.8) is 0 Å². The van der Waals surface area contributed by atoms with Gasteiger partial charge in [0.1, 0.15) is 0 Å². The molecule has 0 aromatic rings. The van der Waals surface area contributed by atoms with Crippen LogP contribution in [-0.4, -0.2) is 24.8 Å². The molecule has 0 N–H and O–H groups in total. The van der Waals surface area contributed by atoms with Gasteiger partial charge in [-0.3, -0.25) is 4.79 Å². The third-order valence-corrected chi connectivity index (χ3v) is 3.74. The van der Waals surface area contributed by atoms with Crippen molar-refractivity contribution in [2.75, 3.05) is 6.61 Å². The maximum absolute atomic E-state index is 11.6. The topological polar surface area (TPSA) is 35.5 Å². The summed E-state index contributed by atoms with van der Waals surface area (Å²) in [5.41, 5.74) is 0. The molecule has 2 atom stereocenters. The van der Waals surface area contributed by atoms with E-state index in [0.717, 1.165) is 38.7 Å². The molecule has 1 saturated heterocycles. The van der Waals surface area contributed by atoms with Crippen molar-refractivity contribution in [1.29, 1.82) is 0 Å². The predicted molar refractivity (Wildman–Crippen MR) is 77.1 cm³/mol. The highest BCUT2D eigenvalue weighted by atomic mass is 16.5. The van der Waals surface area contributed by atoms with Crippen molar-refractivity contribution >= 4 is 5.97 Å². The first-order valence-electron chi connectivity index (χ1n) is 8.03. The maximum Gasteiger partial charge on any atom is 0.306 e. The number of carbonyl (C=O) groups excluding carboxylic acids is 1. The SMILES string of the molecule is CCCCCCCC(=O)O[C@H](C)CC[C@H]1CCCO1. The number of hydrogen-bond donors (Lipinski definition) is 0. The molecule has 1 heterocycles. The molecule has 0 radical (unpaired) electrons. The van der Waals surface area contributed by atoms with Crippen LogP contribution in [0.2, 0.25) is 0 Å². The minimum absolute atomic E-state index is 0.0312. The molecule has 0 aliphatic carbocycles. The van der Waals surface area contributed by atoms with Crippen LogP contribution in [0.4, 0.5) is 0 Å². The molecule has 3 heteroatoms. The fourth-order valence-corrected chi connectivity index (χ4v) is 2.51. The second-order valence-corrected chi connectivity index (χ2v) is 5.68. The molecular weight excluding hydrogens is 240 g/mol. The van der Waals surface area contributed by atoms with Crippen molar-refractivity contribution in [2.45, 2.75) is 90.3 Å². The third kappa shape index (κ3) is 8.25. The molecule has 1 aliphatic rings. The molecule has 112 valence electrons. The molecular formula is C16H30O3. The highest BCUT2D eigenvalue weighted by Crippen LogP contribution is 2.18. The zero-order valence-electron chi connectivity index (χ0n) is 12.7. The van der Waals surface area contributed by atoms with Crippen LogP contribution in [0.15, 0.2) is 0 Å². The lowest BCUT2D eigenvalue weighted by Gasteiger charge is -2.15. The van der Waals surface area contributed by atoms with Crippen LogP contribution in [-0.2, 0) is 14.3 Å². The minimum atomic E-state index is -0.0312. The number of unbranched alkanes of at least 4 members (excludes halogenated alkanes) is 4. The molecule has 0 aromatic heterocycles. The van der Waals surface area contributed by atoms with Gasteiger partial charge in [-0.1, -0.05) is 32.6 Å². The highest BCUT2D eigenvalue weighted by Gasteiger charge is 2.17. The average Bonchev–Trinajstić information content (AvgIpc) is 2.89. The molecule has 0 spiro atoms. The monoisotopic (exact) mass is 270 g/mol. The summed E-state index contributed by atoms with van der Waals surface area (Å²) in [6.07, 6.45) is 11.2. The van der Waals surface area contributed by atoms with Crippen molar-refractivity contribution < 1.29 is 14.3 Å². The Balaban J connectivity index is 1.97. The molecule has 1 fully saturated rings. The Morgan fingerprint density at radius 3 is 2.79 bits per heavy atom. The number of carbonyl (C=O) groups is 1. The molecule has 1 aliphatic heterocycles. The zero-order chi connectivity index (χ0) is 13.9. The molecule has 0 unspecified atom stereocenters. The molecule has 3 nitrogen and oxygen atoms in total. The van der Waals surface area contributed by atoms with Crippen molar-refractivity contribution in [3.05, 3.63) is 0 Å². The number of ether oxygens (including phenoxy) is 2. The predicted octanol–water partition coefficient (Wildman–Crippen LogP) is 4.24. The first-order chi connectivity index (χ1) is 9.22. The van der Waals surface area contributed by atoms with Crippen LogP contribution in [0.25, 0.3) is 0 Å². The van der Waals surface area contributed by atoms with E-state index in [1.807, 2.05) is 6.92 Å². The van der Waals surface area contributed by atoms with Crippen LogP contribution < -0.4 is 0 Å². The highest BCUT2D eigenvalue weighted by molar-refractivity contribution is 5.69. The van der Waals surface area contributed by atoms with Gasteiger partial charge in [-0.25, -0.2) is 0 Å². The summed E-state index contributed by atoms with van der Waals surface area (Å²) in [5, 5.41) is 0. The zero-order valence-corrected chi connectivity index (χ0v) is 12.7. The van der Waals surface area contributed by atoms with E-state index < -0.39 is 0 Å². The maximum atomic E-state index is 11.6. The van der Waals surface area contributed by atoms with Crippen LogP contribution in [0, 0.1) is 0 Å². The number of rotatable bonds is 10. The summed E-state index contributed by atoms with van der Waals surface area (Å²) in [6.45, 7) is 5.09. The lowest BCUT2D eigenvalue weighted by molar-refractivity contribution is -0.148. The fraction of sp³-hybridized carbons (Fsp3) is 0.938. The van der Waals surface area contributed by atoms with Gasteiger partial charge in [0.05, 0.1) is 12.2 Å². The summed E-state index contributed by atoms with van der Waals surface area (Å²) in [4.78, 5) is 11.6. The second kappa shape index (κ2) is 10.2. The Hall–Kier alpha value is -0.570. The van der Waals surface area contributed by atoms with Crippen LogP contribution in [0.5, 0.6) is 0 Å². The lowest BCUT2D eigenvalue weighted by atomic mass is 10.1. The van der Waals surface area contributed by atoms with Gasteiger partial charge in [-0.05, 0) is 39.0 Å². The van der Waals surface area contributed by atoms with Gasteiger partial charge < -0.3 is 9.47 Å². The first-order valence-corrected chi connectivity index (χ1v) is 8.03. The van der Waals surface area contributed by atoms with Gasteiger partial charge in [0.2, 0.25) is 0 Å². The number of esters is 1. The van der Waals surface area contributed by atoms with Gasteiger partial charge in [0.15, 0.2) is 0 Å². The summed E-state index contributed by atoms with van der Waals surface area (Å²) >= 11 is 0. The van der Waals surface area contributed by atoms with E-state index in [-0.39, 0.29) is 12.1 Å². The summed E-state index contributed by atoms with van der Waals surface area (Å²) < 4.78 is 11.0. The van der Waals surface area contributed by atoms with Crippen LogP contribution >= 0.6 is 0 Å². The molecule has 0 aromatic carbocycles. The van der Waals surface area contributed by atoms with Crippen molar-refractivity contribution in [1.82, 2.24) is 0 Å². The number of hydrogen-bond acceptors (Lipinski definition) is 3. The standard InChI is InChI=1S/C16H30O3/c1-3-4-5-6-7-10-16(17)19-14(2)11-12-15-9-8-13-18-15/h14-15H,3-13H2,1-2H3/t14-,15-/m1/s1. The Bertz CT molecular complexity index is 234. The van der Waals surface area contributed by atoms with E-state index in [2.05, 4.69) is 6.92 Å². The second-order valence-electron chi connectivity index (χ2n) is 5.68. The van der Waals surface area contributed by atoms with Crippen molar-refractivity contribution in [2.24, 2.45) is 0 Å². The smallest absolute Gasteiger partial charge is 0.306 e. The van der Waals surface area contributed by atoms with E-state index in [0.29, 0.717) is 12.5 Å². The van der Waals surface area contributed by atoms with E-state index >= 15 is 0 Å². The Morgan fingerprint density at radius 1 is 1.32 bits per heavy atom. The summed E-state index contributed by atoms with van der Waals surface area (Å²) in [7, 11) is 0. The summed E-state index contributed by atoms with van der Waals surface area (Å²) in [5.74, 6) is -0.0312. The van der Waals surface area contributed by atoms with Gasteiger partial charge >= 0.3 is 5.97 Å². The van der Waals surface area contributed by atoms with Gasteiger partial charge in [-0.2, -0.15) is 0 Å². The van der Waals surface area contributed by atoms with Gasteiger partial charge in [-0.15, -0.1) is 0 Å². The van der Waals surface area contributed by atoms with E-state index in [9.17, 15) is 4.79 Å². The first kappa shape index (κ1) is 16.5. The van der Waals surface area contributed by atoms with Gasteiger partial charge in [0.25, 0.3) is 0 Å². The normalized spacial score (nSPS) is 20.4. The van der Waals surface area contributed by atoms with Crippen LogP contribution in [0.3, 0.4) is 0 Å². The largest absolute Gasteiger partial charge is 0.463 e. The van der Waals surface area contributed by atoms with E-state index in [1.165, 1.54) is 25.7 Å². The summed E-state index contributed by atoms with van der Waals surface area (Å²) in [6, 6.07) is 0. The van der Waals surface area contributed by atoms with E-state index in [4.69, 9.17) is 9.47 Å². The Morgan fingerprint density at radius 2 is 2.11 bits per heavy atom. The molecule has 0 amide bonds. The third-order valence-electron chi connectivity index (χ3n) is 3.74.